The predicted octanol–water partition coefficient (Wildman–Crippen LogP) is 6.98. The molecule has 6 heteroatoms. The fourth-order valence-corrected chi connectivity index (χ4v) is 3.98. The molecule has 29 heavy (non-hydrogen) atoms. The van der Waals surface area contributed by atoms with Crippen molar-refractivity contribution in [3.05, 3.63) is 88.8 Å². The summed E-state index contributed by atoms with van der Waals surface area (Å²) >= 11 is 12.0. The van der Waals surface area contributed by atoms with Crippen molar-refractivity contribution in [3.63, 3.8) is 0 Å². The quantitative estimate of drug-likeness (QED) is 0.296. The normalized spacial score (nSPS) is 11.3. The van der Waals surface area contributed by atoms with Crippen LogP contribution in [0.1, 0.15) is 5.56 Å². The van der Waals surface area contributed by atoms with E-state index in [0.29, 0.717) is 11.5 Å². The van der Waals surface area contributed by atoms with Crippen molar-refractivity contribution in [2.24, 2.45) is 0 Å². The fraction of sp³-hybridized carbons (Fsp3) is 0.0435. The van der Waals surface area contributed by atoms with Gasteiger partial charge in [-0.05, 0) is 42.8 Å². The molecule has 5 rings (SSSR count). The van der Waals surface area contributed by atoms with E-state index in [1.165, 1.54) is 5.56 Å². The molecule has 142 valence electrons. The van der Waals surface area contributed by atoms with Gasteiger partial charge in [0.25, 0.3) is 0 Å². The summed E-state index contributed by atoms with van der Waals surface area (Å²) in [6.07, 6.45) is 1.80. The minimum atomic E-state index is 0.284. The number of fused-ring (bicyclic) bond motifs is 3. The highest BCUT2D eigenvalue weighted by Crippen LogP contribution is 2.35. The van der Waals surface area contributed by atoms with E-state index >= 15 is 0 Å². The molecule has 0 amide bonds. The van der Waals surface area contributed by atoms with Gasteiger partial charge in [0, 0.05) is 35.2 Å². The number of nitrogens with zero attached hydrogens (tertiary/aromatic N) is 3. The van der Waals surface area contributed by atoms with E-state index < -0.39 is 0 Å². The third-order valence-electron chi connectivity index (χ3n) is 4.74. The van der Waals surface area contributed by atoms with Gasteiger partial charge >= 0.3 is 0 Å². The number of aryl methyl sites for hydroxylation is 1. The van der Waals surface area contributed by atoms with Crippen LogP contribution in [0.15, 0.2) is 72.9 Å². The highest BCUT2D eigenvalue weighted by atomic mass is 35.5. The Kier molecular flexibility index (Phi) is 4.38. The Bertz CT molecular complexity index is 1340. The van der Waals surface area contributed by atoms with Crippen LogP contribution >= 0.6 is 23.2 Å². The van der Waals surface area contributed by atoms with Crippen LogP contribution in [0.25, 0.3) is 27.6 Å². The average molecular weight is 420 g/mol. The van der Waals surface area contributed by atoms with Crippen LogP contribution in [0.4, 0.5) is 0 Å². The number of benzene rings is 2. The summed E-state index contributed by atoms with van der Waals surface area (Å²) in [5, 5.41) is 2.86. The Labute approximate surface area is 177 Å². The van der Waals surface area contributed by atoms with Gasteiger partial charge in [-0.3, -0.25) is 4.57 Å². The van der Waals surface area contributed by atoms with Crippen molar-refractivity contribution in [2.75, 3.05) is 0 Å². The van der Waals surface area contributed by atoms with Crippen LogP contribution in [0, 0.1) is 6.92 Å². The first kappa shape index (κ1) is 18.0. The SMILES string of the molecule is Cc1ccc2c3ccc(Oc4cc(Cl)nc(Cl)c4)cc3n(-c3ccccn3)c2c1. The van der Waals surface area contributed by atoms with Gasteiger partial charge in [0.2, 0.25) is 0 Å². The first-order chi connectivity index (χ1) is 14.1. The molecule has 5 aromatic rings. The topological polar surface area (TPSA) is 39.9 Å². The van der Waals surface area contributed by atoms with Crippen LogP contribution in [-0.2, 0) is 0 Å². The third-order valence-corrected chi connectivity index (χ3v) is 5.13. The zero-order valence-corrected chi connectivity index (χ0v) is 16.9. The molecule has 0 atom stereocenters. The third kappa shape index (κ3) is 3.31. The van der Waals surface area contributed by atoms with Gasteiger partial charge in [-0.2, -0.15) is 0 Å². The van der Waals surface area contributed by atoms with Crippen LogP contribution in [-0.4, -0.2) is 14.5 Å². The lowest BCUT2D eigenvalue weighted by molar-refractivity contribution is 0.482. The van der Waals surface area contributed by atoms with Gasteiger partial charge in [-0.25, -0.2) is 9.97 Å². The van der Waals surface area contributed by atoms with Crippen LogP contribution in [0.5, 0.6) is 11.5 Å². The standard InChI is InChI=1S/C23H15Cl2N3O/c1-14-5-7-17-18-8-6-15(29-16-12-21(24)27-22(25)13-16)11-20(18)28(19(17)10-14)23-4-2-3-9-26-23/h2-13H,1H3. The molecule has 0 spiro atoms. The lowest BCUT2D eigenvalue weighted by Crippen LogP contribution is -1.96. The van der Waals surface area contributed by atoms with Crippen molar-refractivity contribution in [3.8, 4) is 17.3 Å². The molecular weight excluding hydrogens is 405 g/mol. The van der Waals surface area contributed by atoms with Crippen molar-refractivity contribution in [1.29, 1.82) is 0 Å². The lowest BCUT2D eigenvalue weighted by Gasteiger charge is -2.09. The lowest BCUT2D eigenvalue weighted by atomic mass is 10.1. The smallest absolute Gasteiger partial charge is 0.137 e. The van der Waals surface area contributed by atoms with Crippen LogP contribution in [0.2, 0.25) is 10.3 Å². The summed E-state index contributed by atoms with van der Waals surface area (Å²) in [6.45, 7) is 2.09. The number of ether oxygens (including phenoxy) is 1. The Hall–Kier alpha value is -3.08. The molecule has 0 N–H and O–H groups in total. The molecule has 3 heterocycles. The minimum Gasteiger partial charge on any atom is -0.457 e. The minimum absolute atomic E-state index is 0.284. The van der Waals surface area contributed by atoms with Crippen molar-refractivity contribution < 1.29 is 4.74 Å². The molecule has 0 saturated carbocycles. The maximum absolute atomic E-state index is 6.02. The van der Waals surface area contributed by atoms with Gasteiger partial charge in [0.05, 0.1) is 11.0 Å². The molecule has 4 nitrogen and oxygen atoms in total. The number of hydrogen-bond donors (Lipinski definition) is 0. The monoisotopic (exact) mass is 419 g/mol. The predicted molar refractivity (Wildman–Crippen MR) is 118 cm³/mol. The Morgan fingerprint density at radius 1 is 0.793 bits per heavy atom. The molecule has 0 radical (unpaired) electrons. The molecule has 0 aliphatic rings. The first-order valence-corrected chi connectivity index (χ1v) is 9.81. The van der Waals surface area contributed by atoms with Gasteiger partial charge in [0.1, 0.15) is 27.6 Å². The molecule has 0 saturated heterocycles. The van der Waals surface area contributed by atoms with Crippen LogP contribution < -0.4 is 4.74 Å². The molecule has 0 fully saturated rings. The molecular formula is C23H15Cl2N3O. The first-order valence-electron chi connectivity index (χ1n) is 9.06. The molecule has 0 aliphatic heterocycles. The second-order valence-electron chi connectivity index (χ2n) is 6.77. The van der Waals surface area contributed by atoms with E-state index in [2.05, 4.69) is 45.7 Å². The summed E-state index contributed by atoms with van der Waals surface area (Å²) < 4.78 is 8.17. The maximum atomic E-state index is 6.02. The zero-order valence-electron chi connectivity index (χ0n) is 15.4. The summed E-state index contributed by atoms with van der Waals surface area (Å²) in [5.74, 6) is 2.06. The molecule has 3 aromatic heterocycles. The second kappa shape index (κ2) is 7.07. The Morgan fingerprint density at radius 2 is 1.52 bits per heavy atom. The summed E-state index contributed by atoms with van der Waals surface area (Å²) in [5.41, 5.74) is 3.30. The van der Waals surface area contributed by atoms with Crippen LogP contribution in [0.3, 0.4) is 0 Å². The Balaban J connectivity index is 1.73. The summed E-state index contributed by atoms with van der Waals surface area (Å²) in [7, 11) is 0. The zero-order chi connectivity index (χ0) is 20.0. The summed E-state index contributed by atoms with van der Waals surface area (Å²) in [6, 6.07) is 21.6. The van der Waals surface area contributed by atoms with E-state index in [0.717, 1.165) is 27.6 Å². The number of halogens is 2. The van der Waals surface area contributed by atoms with Crippen molar-refractivity contribution in [1.82, 2.24) is 14.5 Å². The molecule has 2 aromatic carbocycles. The van der Waals surface area contributed by atoms with Gasteiger partial charge in [-0.15, -0.1) is 0 Å². The second-order valence-corrected chi connectivity index (χ2v) is 7.55. The van der Waals surface area contributed by atoms with E-state index in [1.807, 2.05) is 30.3 Å². The van der Waals surface area contributed by atoms with Crippen molar-refractivity contribution in [2.45, 2.75) is 6.92 Å². The number of pyridine rings is 2. The summed E-state index contributed by atoms with van der Waals surface area (Å²) in [4.78, 5) is 8.52. The highest BCUT2D eigenvalue weighted by Gasteiger charge is 2.14. The molecule has 0 aliphatic carbocycles. The van der Waals surface area contributed by atoms with Gasteiger partial charge in [-0.1, -0.05) is 41.4 Å². The van der Waals surface area contributed by atoms with Gasteiger partial charge in [0.15, 0.2) is 0 Å². The van der Waals surface area contributed by atoms with E-state index in [-0.39, 0.29) is 10.3 Å². The highest BCUT2D eigenvalue weighted by molar-refractivity contribution is 6.32. The van der Waals surface area contributed by atoms with Gasteiger partial charge < -0.3 is 4.74 Å². The maximum Gasteiger partial charge on any atom is 0.137 e. The average Bonchev–Trinajstić information content (AvgIpc) is 3.00. The van der Waals surface area contributed by atoms with E-state index in [4.69, 9.17) is 27.9 Å². The number of hydrogen-bond acceptors (Lipinski definition) is 3. The van der Waals surface area contributed by atoms with E-state index in [1.54, 1.807) is 18.3 Å². The Morgan fingerprint density at radius 3 is 2.24 bits per heavy atom. The largest absolute Gasteiger partial charge is 0.457 e. The molecule has 0 bridgehead atoms. The molecule has 0 unspecified atom stereocenters. The number of aromatic nitrogens is 3. The fourth-order valence-electron chi connectivity index (χ4n) is 3.54. The number of rotatable bonds is 3. The van der Waals surface area contributed by atoms with Crippen molar-refractivity contribution >= 4 is 45.0 Å². The van der Waals surface area contributed by atoms with E-state index in [9.17, 15) is 0 Å².